The van der Waals surface area contributed by atoms with Crippen molar-refractivity contribution in [1.29, 1.82) is 0 Å². The van der Waals surface area contributed by atoms with E-state index in [1.807, 2.05) is 6.92 Å². The molecule has 1 aromatic heterocycles. The first-order valence-electron chi connectivity index (χ1n) is 5.09. The molecule has 1 N–H and O–H groups in total. The lowest BCUT2D eigenvalue weighted by atomic mass is 10.4. The van der Waals surface area contributed by atoms with Crippen molar-refractivity contribution >= 4 is 25.6 Å². The van der Waals surface area contributed by atoms with E-state index in [1.54, 1.807) is 6.92 Å². The van der Waals surface area contributed by atoms with Crippen LogP contribution >= 0.6 is 10.7 Å². The maximum absolute atomic E-state index is 11.4. The predicted octanol–water partition coefficient (Wildman–Crippen LogP) is 0.645. The fourth-order valence-electron chi connectivity index (χ4n) is 1.23. The van der Waals surface area contributed by atoms with Crippen molar-refractivity contribution < 1.29 is 13.2 Å². The van der Waals surface area contributed by atoms with Crippen molar-refractivity contribution in [3.63, 3.8) is 0 Å². The molecule has 0 spiro atoms. The van der Waals surface area contributed by atoms with Crippen LogP contribution in [-0.2, 0) is 20.4 Å². The first-order valence-corrected chi connectivity index (χ1v) is 7.40. The van der Waals surface area contributed by atoms with Crippen LogP contribution < -0.4 is 5.32 Å². The Labute approximate surface area is 104 Å². The Morgan fingerprint density at radius 2 is 2.24 bits per heavy atom. The molecule has 1 heterocycles. The molecule has 1 rings (SSSR count). The first kappa shape index (κ1) is 14.0. The van der Waals surface area contributed by atoms with Gasteiger partial charge in [-0.05, 0) is 13.3 Å². The number of nitrogens with one attached hydrogen (secondary N) is 1. The summed E-state index contributed by atoms with van der Waals surface area (Å²) in [7, 11) is 1.31. The second-order valence-electron chi connectivity index (χ2n) is 3.54. The first-order chi connectivity index (χ1) is 7.84. The van der Waals surface area contributed by atoms with Gasteiger partial charge in [0.25, 0.3) is 9.05 Å². The van der Waals surface area contributed by atoms with Gasteiger partial charge in [0.1, 0.15) is 12.4 Å². The largest absolute Gasteiger partial charge is 0.355 e. The molecule has 0 aliphatic heterocycles. The standard InChI is InChI=1S/C9H14ClN3O3S/c1-3-4-11-8(14)5-13-6-9(12-7(13)2)17(10,15)16/h6H,3-5H2,1-2H3,(H,11,14). The van der Waals surface area contributed by atoms with Gasteiger partial charge in [-0.2, -0.15) is 0 Å². The van der Waals surface area contributed by atoms with Gasteiger partial charge in [0.15, 0.2) is 5.03 Å². The van der Waals surface area contributed by atoms with Crippen molar-refractivity contribution in [1.82, 2.24) is 14.9 Å². The van der Waals surface area contributed by atoms with E-state index in [0.717, 1.165) is 6.42 Å². The summed E-state index contributed by atoms with van der Waals surface area (Å²) in [5.74, 6) is 0.238. The summed E-state index contributed by atoms with van der Waals surface area (Å²) in [6, 6.07) is 0. The number of carbonyl (C=O) groups is 1. The predicted molar refractivity (Wildman–Crippen MR) is 63.3 cm³/mol. The quantitative estimate of drug-likeness (QED) is 0.802. The highest BCUT2D eigenvalue weighted by Gasteiger charge is 2.16. The van der Waals surface area contributed by atoms with Crippen LogP contribution in [0.15, 0.2) is 11.2 Å². The zero-order valence-corrected chi connectivity index (χ0v) is 11.2. The number of amides is 1. The highest BCUT2D eigenvalue weighted by atomic mass is 35.7. The third kappa shape index (κ3) is 4.01. The SMILES string of the molecule is CCCNC(=O)Cn1cc(S(=O)(=O)Cl)nc1C. The maximum Gasteiger partial charge on any atom is 0.280 e. The summed E-state index contributed by atoms with van der Waals surface area (Å²) in [6.07, 6.45) is 2.10. The molecule has 1 amide bonds. The number of aromatic nitrogens is 2. The molecule has 96 valence electrons. The molecule has 0 radical (unpaired) electrons. The topological polar surface area (TPSA) is 81.1 Å². The molecule has 17 heavy (non-hydrogen) atoms. The van der Waals surface area contributed by atoms with Crippen LogP contribution in [0.2, 0.25) is 0 Å². The van der Waals surface area contributed by atoms with Crippen LogP contribution in [0.1, 0.15) is 19.2 Å². The molecule has 8 heteroatoms. The molecule has 1 aromatic rings. The van der Waals surface area contributed by atoms with Crippen molar-refractivity contribution in [2.24, 2.45) is 0 Å². The fourth-order valence-corrected chi connectivity index (χ4v) is 1.95. The van der Waals surface area contributed by atoms with E-state index in [2.05, 4.69) is 10.3 Å². The van der Waals surface area contributed by atoms with Crippen molar-refractivity contribution in [3.8, 4) is 0 Å². The van der Waals surface area contributed by atoms with Gasteiger partial charge < -0.3 is 9.88 Å². The number of halogens is 1. The summed E-state index contributed by atoms with van der Waals surface area (Å²) < 4.78 is 23.5. The molecular weight excluding hydrogens is 266 g/mol. The minimum Gasteiger partial charge on any atom is -0.355 e. The smallest absolute Gasteiger partial charge is 0.280 e. The molecule has 0 bridgehead atoms. The van der Waals surface area contributed by atoms with E-state index in [4.69, 9.17) is 10.7 Å². The number of imidazole rings is 1. The normalized spacial score (nSPS) is 11.5. The Balaban J connectivity index is 2.79. The van der Waals surface area contributed by atoms with Gasteiger partial charge >= 0.3 is 0 Å². The number of hydrogen-bond acceptors (Lipinski definition) is 4. The zero-order chi connectivity index (χ0) is 13.1. The highest BCUT2D eigenvalue weighted by Crippen LogP contribution is 2.13. The summed E-state index contributed by atoms with van der Waals surface area (Å²) >= 11 is 0. The van der Waals surface area contributed by atoms with E-state index in [1.165, 1.54) is 10.8 Å². The summed E-state index contributed by atoms with van der Waals surface area (Å²) in [5, 5.41) is 2.45. The van der Waals surface area contributed by atoms with E-state index in [-0.39, 0.29) is 17.5 Å². The fraction of sp³-hybridized carbons (Fsp3) is 0.556. The molecule has 0 saturated heterocycles. The molecule has 0 atom stereocenters. The van der Waals surface area contributed by atoms with Crippen molar-refractivity contribution in [2.75, 3.05) is 6.54 Å². The lowest BCUT2D eigenvalue weighted by Gasteiger charge is -2.05. The molecule has 0 unspecified atom stereocenters. The van der Waals surface area contributed by atoms with Crippen LogP contribution in [0, 0.1) is 6.92 Å². The Morgan fingerprint density at radius 1 is 1.59 bits per heavy atom. The number of nitrogens with zero attached hydrogens (tertiary/aromatic N) is 2. The average Bonchev–Trinajstić information content (AvgIpc) is 2.57. The van der Waals surface area contributed by atoms with Crippen LogP contribution in [0.4, 0.5) is 0 Å². The van der Waals surface area contributed by atoms with Crippen LogP contribution in [0.5, 0.6) is 0 Å². The summed E-state index contributed by atoms with van der Waals surface area (Å²) in [5.41, 5.74) is 0. The van der Waals surface area contributed by atoms with Crippen LogP contribution in [0.3, 0.4) is 0 Å². The second-order valence-corrected chi connectivity index (χ2v) is 6.05. The Morgan fingerprint density at radius 3 is 2.71 bits per heavy atom. The van der Waals surface area contributed by atoms with Crippen molar-refractivity contribution in [2.45, 2.75) is 31.8 Å². The lowest BCUT2D eigenvalue weighted by molar-refractivity contribution is -0.121. The van der Waals surface area contributed by atoms with E-state index >= 15 is 0 Å². The molecule has 0 aromatic carbocycles. The van der Waals surface area contributed by atoms with Gasteiger partial charge in [-0.15, -0.1) is 0 Å². The Hall–Kier alpha value is -1.08. The molecule has 0 fully saturated rings. The minimum atomic E-state index is -3.85. The van der Waals surface area contributed by atoms with Crippen LogP contribution in [0.25, 0.3) is 0 Å². The average molecular weight is 280 g/mol. The van der Waals surface area contributed by atoms with E-state index < -0.39 is 9.05 Å². The van der Waals surface area contributed by atoms with Gasteiger partial charge in [-0.25, -0.2) is 13.4 Å². The monoisotopic (exact) mass is 279 g/mol. The maximum atomic E-state index is 11.4. The zero-order valence-electron chi connectivity index (χ0n) is 9.60. The highest BCUT2D eigenvalue weighted by molar-refractivity contribution is 8.13. The number of hydrogen-bond donors (Lipinski definition) is 1. The van der Waals surface area contributed by atoms with Crippen molar-refractivity contribution in [3.05, 3.63) is 12.0 Å². The molecular formula is C9H14ClN3O3S. The van der Waals surface area contributed by atoms with E-state index in [0.29, 0.717) is 12.4 Å². The second kappa shape index (κ2) is 5.50. The number of rotatable bonds is 5. The Kier molecular flexibility index (Phi) is 4.53. The van der Waals surface area contributed by atoms with Gasteiger partial charge in [0, 0.05) is 23.4 Å². The van der Waals surface area contributed by atoms with Gasteiger partial charge in [0.2, 0.25) is 5.91 Å². The summed E-state index contributed by atoms with van der Waals surface area (Å²) in [6.45, 7) is 4.18. The number of aryl methyl sites for hydroxylation is 1. The Bertz CT molecular complexity index is 510. The number of carbonyl (C=O) groups excluding carboxylic acids is 1. The molecule has 0 saturated carbocycles. The molecule has 0 aliphatic rings. The van der Waals surface area contributed by atoms with Gasteiger partial charge in [-0.3, -0.25) is 4.79 Å². The molecule has 0 aliphatic carbocycles. The van der Waals surface area contributed by atoms with Gasteiger partial charge in [-0.1, -0.05) is 6.92 Å². The van der Waals surface area contributed by atoms with E-state index in [9.17, 15) is 13.2 Å². The van der Waals surface area contributed by atoms with Crippen LogP contribution in [-0.4, -0.2) is 30.4 Å². The molecule has 6 nitrogen and oxygen atoms in total. The van der Waals surface area contributed by atoms with Gasteiger partial charge in [0.05, 0.1) is 0 Å². The third-order valence-electron chi connectivity index (χ3n) is 2.09. The lowest BCUT2D eigenvalue weighted by Crippen LogP contribution is -2.28. The summed E-state index contributed by atoms with van der Waals surface area (Å²) in [4.78, 5) is 15.2. The minimum absolute atomic E-state index is 0.0330. The third-order valence-corrected chi connectivity index (χ3v) is 3.26.